The second-order valence-electron chi connectivity index (χ2n) is 14.1. The lowest BCUT2D eigenvalue weighted by Crippen LogP contribution is -2.45. The van der Waals surface area contributed by atoms with Crippen LogP contribution in [0.25, 0.3) is 22.5 Å². The third-order valence-corrected chi connectivity index (χ3v) is 9.48. The van der Waals surface area contributed by atoms with E-state index in [4.69, 9.17) is 18.9 Å². The summed E-state index contributed by atoms with van der Waals surface area (Å²) in [5, 5.41) is 3.68. The second-order valence-corrected chi connectivity index (χ2v) is 19.7. The number of hydrogen-bond acceptors (Lipinski definition) is 8. The van der Waals surface area contributed by atoms with Gasteiger partial charge in [-0.1, -0.05) is 43.9 Å². The number of esters is 1. The van der Waals surface area contributed by atoms with Gasteiger partial charge < -0.3 is 18.9 Å². The summed E-state index contributed by atoms with van der Waals surface area (Å²) >= 11 is 0. The van der Waals surface area contributed by atoms with Crippen LogP contribution in [-0.2, 0) is 31.9 Å². The molecule has 1 saturated carbocycles. The number of aromatic nitrogens is 4. The first-order valence-corrected chi connectivity index (χ1v) is 19.2. The fraction of sp³-hybridized carbons (Fsp3) is 0.576. The standard InChI is InChI=1S/C33H45F3N4O5Si/c1-31(2,3)45-30(41)32(21-42-4)16-14-26(15-17-32)44-27-13-12-25(20-37-27)23-8-10-24(11-9-23)28-38-29(33(34,35)36)39-40(28)22-43-18-19-46(5,6)7/h8-13,20,26H,14-19,21-22H2,1-7H3. The largest absolute Gasteiger partial charge is 0.474 e. The van der Waals surface area contributed by atoms with E-state index >= 15 is 0 Å². The van der Waals surface area contributed by atoms with E-state index in [1.165, 1.54) is 0 Å². The lowest BCUT2D eigenvalue weighted by Gasteiger charge is -2.39. The molecule has 13 heteroatoms. The third-order valence-electron chi connectivity index (χ3n) is 7.78. The summed E-state index contributed by atoms with van der Waals surface area (Å²) in [6.07, 6.45) is -0.560. The van der Waals surface area contributed by atoms with Gasteiger partial charge in [0.05, 0.1) is 12.0 Å². The van der Waals surface area contributed by atoms with Crippen molar-refractivity contribution >= 4 is 14.0 Å². The Labute approximate surface area is 269 Å². The van der Waals surface area contributed by atoms with Gasteiger partial charge in [-0.05, 0) is 64.1 Å². The Morgan fingerprint density at radius 3 is 2.17 bits per heavy atom. The van der Waals surface area contributed by atoms with Gasteiger partial charge in [-0.25, -0.2) is 14.6 Å². The van der Waals surface area contributed by atoms with Crippen LogP contribution < -0.4 is 4.74 Å². The highest BCUT2D eigenvalue weighted by atomic mass is 28.3. The third kappa shape index (κ3) is 9.61. The van der Waals surface area contributed by atoms with Crippen molar-refractivity contribution in [1.29, 1.82) is 0 Å². The fourth-order valence-corrected chi connectivity index (χ4v) is 5.99. The number of alkyl halides is 3. The summed E-state index contributed by atoms with van der Waals surface area (Å²) in [5.74, 6) is -0.876. The van der Waals surface area contributed by atoms with Crippen LogP contribution in [0.1, 0.15) is 52.3 Å². The summed E-state index contributed by atoms with van der Waals surface area (Å²) in [7, 11) is 0.240. The van der Waals surface area contributed by atoms with Gasteiger partial charge in [0.1, 0.15) is 18.4 Å². The van der Waals surface area contributed by atoms with E-state index in [9.17, 15) is 18.0 Å². The van der Waals surface area contributed by atoms with E-state index in [0.29, 0.717) is 50.3 Å². The average molecular weight is 663 g/mol. The molecule has 46 heavy (non-hydrogen) atoms. The Morgan fingerprint density at radius 1 is 1.00 bits per heavy atom. The summed E-state index contributed by atoms with van der Waals surface area (Å²) in [6.45, 7) is 12.8. The number of rotatable bonds is 12. The Morgan fingerprint density at radius 2 is 1.63 bits per heavy atom. The van der Waals surface area contributed by atoms with Crippen LogP contribution in [0.2, 0.25) is 25.7 Å². The molecule has 4 rings (SSSR count). The second kappa shape index (κ2) is 14.2. The minimum atomic E-state index is -4.67. The van der Waals surface area contributed by atoms with Gasteiger partial charge in [-0.3, -0.25) is 4.79 Å². The molecule has 0 saturated heterocycles. The van der Waals surface area contributed by atoms with Crippen LogP contribution in [-0.4, -0.2) is 65.8 Å². The molecule has 0 N–H and O–H groups in total. The van der Waals surface area contributed by atoms with Crippen LogP contribution in [0.3, 0.4) is 0 Å². The van der Waals surface area contributed by atoms with Crippen molar-refractivity contribution in [1.82, 2.24) is 19.7 Å². The van der Waals surface area contributed by atoms with Crippen LogP contribution in [0.15, 0.2) is 42.6 Å². The SMILES string of the molecule is COCC1(C(=O)OC(C)(C)C)CCC(Oc2ccc(-c3ccc(-c4nc(C(F)(F)F)nn4COCC[Si](C)(C)C)cc3)cn2)CC1. The molecule has 0 aliphatic heterocycles. The van der Waals surface area contributed by atoms with Crippen LogP contribution in [0.4, 0.5) is 13.2 Å². The molecule has 0 spiro atoms. The van der Waals surface area contributed by atoms with Gasteiger partial charge >= 0.3 is 12.1 Å². The molecule has 2 aromatic heterocycles. The Bertz CT molecular complexity index is 1440. The molecule has 1 aliphatic carbocycles. The lowest BCUT2D eigenvalue weighted by molar-refractivity contribution is -0.175. The summed E-state index contributed by atoms with van der Waals surface area (Å²) in [6, 6.07) is 11.6. The predicted octanol–water partition coefficient (Wildman–Crippen LogP) is 7.63. The number of carbonyl (C=O) groups is 1. The van der Waals surface area contributed by atoms with E-state index in [-0.39, 0.29) is 24.6 Å². The maximum absolute atomic E-state index is 13.4. The van der Waals surface area contributed by atoms with Crippen LogP contribution in [0.5, 0.6) is 5.88 Å². The molecule has 252 valence electrons. The minimum Gasteiger partial charge on any atom is -0.474 e. The van der Waals surface area contributed by atoms with E-state index in [0.717, 1.165) is 21.9 Å². The minimum absolute atomic E-state index is 0.0856. The molecule has 0 radical (unpaired) electrons. The van der Waals surface area contributed by atoms with Crippen molar-refractivity contribution in [2.24, 2.45) is 5.41 Å². The zero-order chi connectivity index (χ0) is 33.8. The van der Waals surface area contributed by atoms with Crippen molar-refractivity contribution < 1.29 is 36.9 Å². The quantitative estimate of drug-likeness (QED) is 0.111. The number of halogens is 3. The van der Waals surface area contributed by atoms with Gasteiger partial charge in [-0.2, -0.15) is 13.2 Å². The molecule has 0 unspecified atom stereocenters. The van der Waals surface area contributed by atoms with E-state index < -0.39 is 31.1 Å². The normalized spacial score (nSPS) is 19.2. The maximum atomic E-state index is 13.4. The Balaban J connectivity index is 1.40. The molecule has 3 aromatic rings. The molecule has 2 heterocycles. The summed E-state index contributed by atoms with van der Waals surface area (Å²) < 4.78 is 64.4. The van der Waals surface area contributed by atoms with Gasteiger partial charge in [0, 0.05) is 45.2 Å². The first-order chi connectivity index (χ1) is 21.5. The predicted molar refractivity (Wildman–Crippen MR) is 171 cm³/mol. The molecule has 1 aliphatic rings. The van der Waals surface area contributed by atoms with E-state index in [1.807, 2.05) is 26.8 Å². The number of carbonyl (C=O) groups excluding carboxylic acids is 1. The van der Waals surface area contributed by atoms with Gasteiger partial charge in [0.25, 0.3) is 5.82 Å². The van der Waals surface area contributed by atoms with Gasteiger partial charge in [0.2, 0.25) is 5.88 Å². The average Bonchev–Trinajstić information content (AvgIpc) is 3.41. The highest BCUT2D eigenvalue weighted by Gasteiger charge is 2.45. The zero-order valence-corrected chi connectivity index (χ0v) is 28.7. The van der Waals surface area contributed by atoms with Gasteiger partial charge in [0.15, 0.2) is 5.82 Å². The van der Waals surface area contributed by atoms with E-state index in [2.05, 4.69) is 34.7 Å². The highest BCUT2D eigenvalue weighted by Crippen LogP contribution is 2.40. The van der Waals surface area contributed by atoms with Crippen LogP contribution in [0, 0.1) is 5.41 Å². The molecule has 1 fully saturated rings. The lowest BCUT2D eigenvalue weighted by atomic mass is 9.73. The number of methoxy groups -OCH3 is 1. The smallest absolute Gasteiger partial charge is 0.453 e. The molecule has 0 amide bonds. The first-order valence-electron chi connectivity index (χ1n) is 15.5. The molecule has 0 bridgehead atoms. The number of hydrogen-bond donors (Lipinski definition) is 0. The summed E-state index contributed by atoms with van der Waals surface area (Å²) in [4.78, 5) is 21.3. The monoisotopic (exact) mass is 662 g/mol. The Kier molecular flexibility index (Phi) is 11.0. The molecular weight excluding hydrogens is 617 g/mol. The maximum Gasteiger partial charge on any atom is 0.453 e. The topological polar surface area (TPSA) is 97.6 Å². The van der Waals surface area contributed by atoms with Crippen molar-refractivity contribution in [3.8, 4) is 28.4 Å². The molecule has 9 nitrogen and oxygen atoms in total. The number of nitrogens with zero attached hydrogens (tertiary/aromatic N) is 4. The molecule has 1 aromatic carbocycles. The Hall–Kier alpha value is -3.29. The number of pyridine rings is 1. The van der Waals surface area contributed by atoms with Crippen molar-refractivity contribution in [2.45, 2.75) is 96.8 Å². The molecular formula is C33H45F3N4O5Si. The van der Waals surface area contributed by atoms with Crippen LogP contribution >= 0.6 is 0 Å². The number of ether oxygens (including phenoxy) is 4. The van der Waals surface area contributed by atoms with Crippen molar-refractivity contribution in [3.05, 3.63) is 48.4 Å². The van der Waals surface area contributed by atoms with E-state index in [1.54, 1.807) is 43.6 Å². The van der Waals surface area contributed by atoms with Gasteiger partial charge in [-0.15, -0.1) is 5.10 Å². The number of benzene rings is 1. The zero-order valence-electron chi connectivity index (χ0n) is 27.7. The summed E-state index contributed by atoms with van der Waals surface area (Å²) in [5.41, 5.74) is 0.874. The van der Waals surface area contributed by atoms with Crippen molar-refractivity contribution in [3.63, 3.8) is 0 Å². The van der Waals surface area contributed by atoms with Crippen molar-refractivity contribution in [2.75, 3.05) is 20.3 Å². The first kappa shape index (κ1) is 35.6. The highest BCUT2D eigenvalue weighted by molar-refractivity contribution is 6.76. The fourth-order valence-electron chi connectivity index (χ4n) is 5.23. The molecule has 0 atom stereocenters.